The molecule has 0 unspecified atom stereocenters. The molecule has 0 spiro atoms. The lowest BCUT2D eigenvalue weighted by atomic mass is 10.00. The molecule has 2 atom stereocenters. The van der Waals surface area contributed by atoms with Gasteiger partial charge in [-0.05, 0) is 60.4 Å². The number of likely N-dealkylation sites (N-methyl/N-ethyl adjacent to an activating group) is 1. The summed E-state index contributed by atoms with van der Waals surface area (Å²) in [6, 6.07) is 18.2. The summed E-state index contributed by atoms with van der Waals surface area (Å²) in [4.78, 5) is 56.3. The van der Waals surface area contributed by atoms with Crippen molar-refractivity contribution in [3.05, 3.63) is 77.4 Å². The van der Waals surface area contributed by atoms with E-state index in [0.717, 1.165) is 22.8 Å². The minimum absolute atomic E-state index is 0.0857. The molecular weight excluding hydrogens is 650 g/mol. The van der Waals surface area contributed by atoms with E-state index in [9.17, 15) is 14.4 Å². The molecule has 14 heteroatoms. The van der Waals surface area contributed by atoms with Gasteiger partial charge in [0.1, 0.15) is 5.75 Å². The number of aryl methyl sites for hydroxylation is 1. The third kappa shape index (κ3) is 9.03. The maximum Gasteiger partial charge on any atom is 0.300 e. The van der Waals surface area contributed by atoms with Crippen LogP contribution in [-0.4, -0.2) is 89.5 Å². The molecular formula is C35H39N5O8S. The number of nitrogens with one attached hydrogen (secondary N) is 1. The highest BCUT2D eigenvalue weighted by molar-refractivity contribution is 7.22. The second-order valence-corrected chi connectivity index (χ2v) is 12.8. The Balaban J connectivity index is 0.00000111. The SMILES string of the molecule is CC(=O)O.COc1cc2ccc1Oc1cccc(c1)CO[C@H]1CN(C(=O)c3cccc4nc(N)sc34)CC[C@@H]1NC(=O)CN(C)C(=O)CC2. The molecule has 3 aliphatic heterocycles. The third-order valence-corrected chi connectivity index (χ3v) is 9.04. The average molecular weight is 690 g/mol. The number of piperidine rings is 1. The van der Waals surface area contributed by atoms with Gasteiger partial charge in [0.15, 0.2) is 16.6 Å². The van der Waals surface area contributed by atoms with Gasteiger partial charge < -0.3 is 40.2 Å². The molecule has 3 aromatic carbocycles. The lowest BCUT2D eigenvalue weighted by Gasteiger charge is -2.39. The standard InChI is InChI=1S/C33H35N5O6S.C2H4O2/c1-37-18-29(39)35-24-13-14-38(32(41)23-7-4-8-25-31(23)45-33(34)36-25)17-28(24)43-19-21-5-3-6-22(15-21)44-26-11-9-20(10-12-30(37)40)16-27(26)42-2;1-2(3)4/h3-9,11,15-16,24,28H,10,12-14,17-19H2,1-2H3,(H2,34,36)(H,35,39);1H3,(H,3,4)/t24-,28-;/m0./s1. The number of carboxylic acids is 1. The molecule has 1 saturated heterocycles. The van der Waals surface area contributed by atoms with Crippen LogP contribution in [-0.2, 0) is 32.1 Å². The van der Waals surface area contributed by atoms with Crippen molar-refractivity contribution >= 4 is 50.4 Å². The van der Waals surface area contributed by atoms with Crippen molar-refractivity contribution in [3.63, 3.8) is 0 Å². The largest absolute Gasteiger partial charge is 0.493 e. The van der Waals surface area contributed by atoms with E-state index in [1.54, 1.807) is 31.2 Å². The minimum Gasteiger partial charge on any atom is -0.493 e. The summed E-state index contributed by atoms with van der Waals surface area (Å²) in [6.07, 6.45) is 0.704. The first-order valence-corrected chi connectivity index (χ1v) is 16.5. The van der Waals surface area contributed by atoms with Crippen molar-refractivity contribution in [1.82, 2.24) is 20.1 Å². The van der Waals surface area contributed by atoms with Crippen molar-refractivity contribution in [2.24, 2.45) is 0 Å². The number of methoxy groups -OCH3 is 1. The molecule has 0 aliphatic carbocycles. The molecule has 3 amide bonds. The summed E-state index contributed by atoms with van der Waals surface area (Å²) in [5.74, 6) is 0.305. The number of aromatic nitrogens is 1. The van der Waals surface area contributed by atoms with Crippen molar-refractivity contribution in [2.75, 3.05) is 39.5 Å². The first-order valence-electron chi connectivity index (χ1n) is 15.7. The number of aliphatic carboxylic acids is 1. The van der Waals surface area contributed by atoms with Crippen LogP contribution in [0.5, 0.6) is 17.2 Å². The number of anilines is 1. The lowest BCUT2D eigenvalue weighted by Crippen LogP contribution is -2.57. The Kier molecular flexibility index (Phi) is 11.3. The van der Waals surface area contributed by atoms with Gasteiger partial charge in [0.25, 0.3) is 11.9 Å². The van der Waals surface area contributed by atoms with Gasteiger partial charge >= 0.3 is 0 Å². The number of nitrogens with zero attached hydrogens (tertiary/aromatic N) is 3. The Morgan fingerprint density at radius 3 is 2.63 bits per heavy atom. The van der Waals surface area contributed by atoms with Crippen molar-refractivity contribution in [2.45, 2.75) is 44.9 Å². The van der Waals surface area contributed by atoms with Crippen LogP contribution in [0.3, 0.4) is 0 Å². The quantitative estimate of drug-likeness (QED) is 0.278. The van der Waals surface area contributed by atoms with Gasteiger partial charge in [-0.2, -0.15) is 0 Å². The molecule has 258 valence electrons. The molecule has 4 aromatic rings. The number of carbonyl (C=O) groups is 4. The van der Waals surface area contributed by atoms with E-state index in [1.165, 1.54) is 16.2 Å². The summed E-state index contributed by atoms with van der Waals surface area (Å²) in [5, 5.41) is 10.9. The number of hydrogen-bond acceptors (Lipinski definition) is 10. The number of ether oxygens (including phenoxy) is 3. The lowest BCUT2D eigenvalue weighted by molar-refractivity contribution is -0.135. The zero-order valence-corrected chi connectivity index (χ0v) is 28.3. The second-order valence-electron chi connectivity index (χ2n) is 11.8. The number of benzene rings is 3. The minimum atomic E-state index is -0.833. The highest BCUT2D eigenvalue weighted by Crippen LogP contribution is 2.34. The molecule has 0 radical (unpaired) electrons. The third-order valence-electron chi connectivity index (χ3n) is 8.11. The van der Waals surface area contributed by atoms with Gasteiger partial charge in [0.2, 0.25) is 11.8 Å². The van der Waals surface area contributed by atoms with E-state index in [4.69, 9.17) is 29.8 Å². The van der Waals surface area contributed by atoms with Crippen molar-refractivity contribution < 1.29 is 38.5 Å². The predicted octanol–water partition coefficient (Wildman–Crippen LogP) is 4.09. The summed E-state index contributed by atoms with van der Waals surface area (Å²) in [6.45, 7) is 1.91. The summed E-state index contributed by atoms with van der Waals surface area (Å²) >= 11 is 1.28. The van der Waals surface area contributed by atoms with Crippen LogP contribution in [0.25, 0.3) is 10.2 Å². The van der Waals surface area contributed by atoms with Crippen LogP contribution < -0.4 is 20.5 Å². The predicted molar refractivity (Wildman–Crippen MR) is 184 cm³/mol. The number of carboxylic acid groups (broad SMARTS) is 1. The van der Waals surface area contributed by atoms with Gasteiger partial charge in [-0.15, -0.1) is 0 Å². The Morgan fingerprint density at radius 1 is 1.08 bits per heavy atom. The van der Waals surface area contributed by atoms with E-state index in [0.29, 0.717) is 52.8 Å². The van der Waals surface area contributed by atoms with E-state index < -0.39 is 12.1 Å². The molecule has 4 bridgehead atoms. The molecule has 49 heavy (non-hydrogen) atoms. The maximum absolute atomic E-state index is 13.8. The van der Waals surface area contributed by atoms with Crippen LogP contribution in [0.1, 0.15) is 41.3 Å². The molecule has 4 heterocycles. The summed E-state index contributed by atoms with van der Waals surface area (Å²) in [5.41, 5.74) is 8.94. The average Bonchev–Trinajstić information content (AvgIpc) is 3.46. The van der Waals surface area contributed by atoms with Crippen molar-refractivity contribution in [3.8, 4) is 17.2 Å². The fraction of sp³-hybridized carbons (Fsp3) is 0.343. The highest BCUT2D eigenvalue weighted by atomic mass is 32.1. The number of carbonyl (C=O) groups excluding carboxylic acids is 3. The Labute approximate surface area is 287 Å². The summed E-state index contributed by atoms with van der Waals surface area (Å²) in [7, 11) is 3.20. The van der Waals surface area contributed by atoms with E-state index in [2.05, 4.69) is 10.3 Å². The molecule has 7 rings (SSSR count). The van der Waals surface area contributed by atoms with Gasteiger partial charge in [0, 0.05) is 33.5 Å². The smallest absolute Gasteiger partial charge is 0.300 e. The topological polar surface area (TPSA) is 174 Å². The monoisotopic (exact) mass is 689 g/mol. The van der Waals surface area contributed by atoms with Gasteiger partial charge in [-0.3, -0.25) is 19.2 Å². The first-order chi connectivity index (χ1) is 23.5. The number of hydrogen-bond donors (Lipinski definition) is 3. The number of fused-ring (bicyclic) bond motifs is 10. The van der Waals surface area contributed by atoms with Crippen LogP contribution in [0.4, 0.5) is 5.13 Å². The molecule has 0 saturated carbocycles. The number of amides is 3. The van der Waals surface area contributed by atoms with Gasteiger partial charge in [-0.25, -0.2) is 4.98 Å². The van der Waals surface area contributed by atoms with Crippen LogP contribution >= 0.6 is 11.3 Å². The number of thiazole rings is 1. The van der Waals surface area contributed by atoms with Crippen LogP contribution in [0, 0.1) is 0 Å². The highest BCUT2D eigenvalue weighted by Gasteiger charge is 2.34. The molecule has 4 N–H and O–H groups in total. The molecule has 13 nitrogen and oxygen atoms in total. The first kappa shape index (κ1) is 35.1. The van der Waals surface area contributed by atoms with Crippen LogP contribution in [0.15, 0.2) is 60.7 Å². The Bertz CT molecular complexity index is 1840. The summed E-state index contributed by atoms with van der Waals surface area (Å²) < 4.78 is 18.9. The number of likely N-dealkylation sites (tertiary alicyclic amines) is 1. The van der Waals surface area contributed by atoms with E-state index in [1.807, 2.05) is 48.5 Å². The number of rotatable bonds is 2. The Morgan fingerprint density at radius 2 is 1.86 bits per heavy atom. The fourth-order valence-electron chi connectivity index (χ4n) is 5.72. The maximum atomic E-state index is 13.8. The fourth-order valence-corrected chi connectivity index (χ4v) is 6.56. The van der Waals surface area contributed by atoms with E-state index >= 15 is 0 Å². The molecule has 1 aromatic heterocycles. The van der Waals surface area contributed by atoms with Crippen molar-refractivity contribution in [1.29, 1.82) is 0 Å². The van der Waals surface area contributed by atoms with Crippen LogP contribution in [0.2, 0.25) is 0 Å². The Hall–Kier alpha value is -5.21. The normalized spacial score (nSPS) is 18.5. The zero-order chi connectivity index (χ0) is 35.1. The molecule has 3 aliphatic rings. The van der Waals surface area contributed by atoms with Gasteiger partial charge in [0.05, 0.1) is 48.2 Å². The van der Waals surface area contributed by atoms with E-state index in [-0.39, 0.29) is 49.9 Å². The van der Waals surface area contributed by atoms with Gasteiger partial charge in [-0.1, -0.05) is 35.6 Å². The number of nitrogen functional groups attached to an aromatic ring is 1. The second kappa shape index (κ2) is 15.8. The molecule has 1 fully saturated rings. The zero-order valence-electron chi connectivity index (χ0n) is 27.5. The number of nitrogens with two attached hydrogens (primary N) is 1.